The van der Waals surface area contributed by atoms with E-state index in [4.69, 9.17) is 11.6 Å². The summed E-state index contributed by atoms with van der Waals surface area (Å²) < 4.78 is 45.7. The van der Waals surface area contributed by atoms with Crippen molar-refractivity contribution in [1.82, 2.24) is 0 Å². The van der Waals surface area contributed by atoms with Crippen molar-refractivity contribution in [2.24, 2.45) is 0 Å². The molecule has 0 fully saturated rings. The number of hydrogen-bond donors (Lipinski definition) is 3. The second-order valence-corrected chi connectivity index (χ2v) is 9.31. The molecule has 152 valence electrons. The van der Waals surface area contributed by atoms with Gasteiger partial charge in [-0.25, -0.2) is 17.6 Å². The number of sulfonamides is 1. The molecule has 0 bridgehead atoms. The molecular formula is C18H13ClFNO6S2. The Morgan fingerprint density at radius 2 is 1.86 bits per heavy atom. The Balaban J connectivity index is 1.91. The number of carbonyl (C=O) groups is 1. The van der Waals surface area contributed by atoms with Crippen LogP contribution in [0.25, 0.3) is 11.1 Å². The summed E-state index contributed by atoms with van der Waals surface area (Å²) in [6.07, 6.45) is 0. The van der Waals surface area contributed by atoms with Crippen molar-refractivity contribution in [3.8, 4) is 22.6 Å². The Morgan fingerprint density at radius 1 is 1.14 bits per heavy atom. The van der Waals surface area contributed by atoms with E-state index in [2.05, 4.69) is 9.46 Å². The second kappa shape index (κ2) is 7.90. The molecule has 3 N–H and O–H groups in total. The Morgan fingerprint density at radius 3 is 2.48 bits per heavy atom. The molecule has 3 rings (SSSR count). The zero-order chi connectivity index (χ0) is 21.3. The highest BCUT2D eigenvalue weighted by atomic mass is 35.5. The van der Waals surface area contributed by atoms with Gasteiger partial charge in [-0.05, 0) is 35.9 Å². The molecule has 0 aliphatic rings. The highest BCUT2D eigenvalue weighted by molar-refractivity contribution is 7.94. The van der Waals surface area contributed by atoms with Crippen molar-refractivity contribution < 1.29 is 32.6 Å². The van der Waals surface area contributed by atoms with Crippen molar-refractivity contribution in [1.29, 1.82) is 0 Å². The van der Waals surface area contributed by atoms with Crippen LogP contribution in [0.15, 0.2) is 46.7 Å². The van der Waals surface area contributed by atoms with E-state index < -0.39 is 33.3 Å². The third-order valence-corrected chi connectivity index (χ3v) is 7.06. The SMILES string of the molecule is COC(=O)c1ccc(NS(=O)(=O)c2cc(-c3ccc(O)c(F)c3)c(Cl)s2)cc1O. The van der Waals surface area contributed by atoms with Gasteiger partial charge in [-0.15, -0.1) is 11.3 Å². The van der Waals surface area contributed by atoms with Crippen molar-refractivity contribution >= 4 is 44.6 Å². The van der Waals surface area contributed by atoms with Gasteiger partial charge < -0.3 is 14.9 Å². The van der Waals surface area contributed by atoms with Crippen molar-refractivity contribution in [3.05, 3.63) is 58.2 Å². The molecule has 0 amide bonds. The van der Waals surface area contributed by atoms with Crippen LogP contribution >= 0.6 is 22.9 Å². The zero-order valence-corrected chi connectivity index (χ0v) is 17.0. The second-order valence-electron chi connectivity index (χ2n) is 5.75. The van der Waals surface area contributed by atoms with Gasteiger partial charge in [0.1, 0.15) is 19.9 Å². The minimum atomic E-state index is -4.08. The van der Waals surface area contributed by atoms with Crippen LogP contribution in [0.2, 0.25) is 4.34 Å². The Kier molecular flexibility index (Phi) is 5.69. The van der Waals surface area contributed by atoms with Gasteiger partial charge in [-0.3, -0.25) is 4.72 Å². The molecule has 11 heteroatoms. The van der Waals surface area contributed by atoms with Crippen LogP contribution in [0.5, 0.6) is 11.5 Å². The summed E-state index contributed by atoms with van der Waals surface area (Å²) >= 11 is 6.88. The maximum atomic E-state index is 13.6. The minimum Gasteiger partial charge on any atom is -0.507 e. The van der Waals surface area contributed by atoms with Gasteiger partial charge in [0, 0.05) is 11.6 Å². The van der Waals surface area contributed by atoms with Crippen molar-refractivity contribution in [2.45, 2.75) is 4.21 Å². The standard InChI is InChI=1S/C18H13ClFNO6S2/c1-27-18(24)11-4-3-10(7-15(11)23)21-29(25,26)16-8-12(17(19)28-16)9-2-5-14(22)13(20)6-9/h2-8,21-23H,1H3. The van der Waals surface area contributed by atoms with Crippen molar-refractivity contribution in [3.63, 3.8) is 0 Å². The lowest BCUT2D eigenvalue weighted by Gasteiger charge is -2.08. The number of phenolic OH excluding ortho intramolecular Hbond substituents is 2. The average molecular weight is 458 g/mol. The molecule has 1 heterocycles. The van der Waals surface area contributed by atoms with Crippen LogP contribution in [-0.4, -0.2) is 31.7 Å². The molecule has 29 heavy (non-hydrogen) atoms. The highest BCUT2D eigenvalue weighted by Gasteiger charge is 2.22. The number of ether oxygens (including phenoxy) is 1. The van der Waals surface area contributed by atoms with E-state index in [1.165, 1.54) is 24.3 Å². The third-order valence-electron chi connectivity index (χ3n) is 3.84. The number of benzene rings is 2. The number of nitrogens with one attached hydrogen (secondary N) is 1. The predicted molar refractivity (Wildman–Crippen MR) is 107 cm³/mol. The van der Waals surface area contributed by atoms with Crippen LogP contribution in [0.1, 0.15) is 10.4 Å². The summed E-state index contributed by atoms with van der Waals surface area (Å²) in [7, 11) is -2.93. The van der Waals surface area contributed by atoms with E-state index in [0.29, 0.717) is 5.56 Å². The zero-order valence-electron chi connectivity index (χ0n) is 14.6. The number of anilines is 1. The molecule has 1 aromatic heterocycles. The minimum absolute atomic E-state index is 0.0110. The molecule has 3 aromatic rings. The first kappa shape index (κ1) is 20.9. The van der Waals surface area contributed by atoms with E-state index in [1.807, 2.05) is 0 Å². The first-order chi connectivity index (χ1) is 13.6. The average Bonchev–Trinajstić information content (AvgIpc) is 3.06. The summed E-state index contributed by atoms with van der Waals surface area (Å²) in [5.74, 6) is -2.63. The van der Waals surface area contributed by atoms with E-state index in [9.17, 15) is 27.8 Å². The molecule has 0 radical (unpaired) electrons. The summed E-state index contributed by atoms with van der Waals surface area (Å²) in [5, 5.41) is 19.2. The largest absolute Gasteiger partial charge is 0.507 e. The molecular weight excluding hydrogens is 445 g/mol. The maximum absolute atomic E-state index is 13.6. The Labute approximate surface area is 174 Å². The molecule has 0 aliphatic carbocycles. The normalized spacial score (nSPS) is 11.3. The summed E-state index contributed by atoms with van der Waals surface area (Å²) in [6, 6.07) is 8.41. The van der Waals surface area contributed by atoms with Gasteiger partial charge in [-0.2, -0.15) is 0 Å². The fourth-order valence-electron chi connectivity index (χ4n) is 2.43. The number of esters is 1. The van der Waals surface area contributed by atoms with Crippen LogP contribution in [0, 0.1) is 5.82 Å². The fourth-order valence-corrected chi connectivity index (χ4v) is 5.25. The first-order valence-electron chi connectivity index (χ1n) is 7.84. The number of phenols is 2. The maximum Gasteiger partial charge on any atom is 0.341 e. The van der Waals surface area contributed by atoms with Gasteiger partial charge in [0.15, 0.2) is 11.6 Å². The van der Waals surface area contributed by atoms with Crippen LogP contribution < -0.4 is 4.72 Å². The van der Waals surface area contributed by atoms with E-state index in [0.717, 1.165) is 36.6 Å². The molecule has 0 saturated heterocycles. The molecule has 0 spiro atoms. The lowest BCUT2D eigenvalue weighted by Crippen LogP contribution is -2.11. The Hall–Kier alpha value is -2.82. The van der Waals surface area contributed by atoms with Gasteiger partial charge in [0.25, 0.3) is 10.0 Å². The smallest absolute Gasteiger partial charge is 0.341 e. The number of thiophene rings is 1. The summed E-state index contributed by atoms with van der Waals surface area (Å²) in [4.78, 5) is 11.5. The Bertz CT molecular complexity index is 1210. The summed E-state index contributed by atoms with van der Waals surface area (Å²) in [6.45, 7) is 0. The lowest BCUT2D eigenvalue weighted by atomic mass is 10.1. The number of methoxy groups -OCH3 is 1. The monoisotopic (exact) mass is 457 g/mol. The lowest BCUT2D eigenvalue weighted by molar-refractivity contribution is 0.0597. The molecule has 2 aromatic carbocycles. The van der Waals surface area contributed by atoms with Crippen LogP contribution in [-0.2, 0) is 14.8 Å². The third kappa shape index (κ3) is 4.29. The number of halogens is 2. The quantitative estimate of drug-likeness (QED) is 0.495. The van der Waals surface area contributed by atoms with E-state index in [1.54, 1.807) is 0 Å². The molecule has 0 saturated carbocycles. The van der Waals surface area contributed by atoms with Gasteiger partial charge in [-0.1, -0.05) is 17.7 Å². The number of rotatable bonds is 5. The molecule has 0 unspecified atom stereocenters. The molecule has 7 nitrogen and oxygen atoms in total. The molecule has 0 aliphatic heterocycles. The van der Waals surface area contributed by atoms with Gasteiger partial charge in [0.05, 0.1) is 12.8 Å². The predicted octanol–water partition coefficient (Wildman–Crippen LogP) is 4.21. The van der Waals surface area contributed by atoms with Gasteiger partial charge >= 0.3 is 5.97 Å². The fraction of sp³-hybridized carbons (Fsp3) is 0.0556. The number of aromatic hydroxyl groups is 2. The van der Waals surface area contributed by atoms with Crippen LogP contribution in [0.3, 0.4) is 0 Å². The topological polar surface area (TPSA) is 113 Å². The summed E-state index contributed by atoms with van der Waals surface area (Å²) in [5.41, 5.74) is 0.464. The van der Waals surface area contributed by atoms with E-state index >= 15 is 0 Å². The molecule has 0 atom stereocenters. The highest BCUT2D eigenvalue weighted by Crippen LogP contribution is 2.39. The van der Waals surface area contributed by atoms with Crippen molar-refractivity contribution in [2.75, 3.05) is 11.8 Å². The number of carbonyl (C=O) groups excluding carboxylic acids is 1. The van der Waals surface area contributed by atoms with E-state index in [-0.39, 0.29) is 25.4 Å². The van der Waals surface area contributed by atoms with Gasteiger partial charge in [0.2, 0.25) is 0 Å². The first-order valence-corrected chi connectivity index (χ1v) is 10.5. The van der Waals surface area contributed by atoms with Crippen LogP contribution in [0.4, 0.5) is 10.1 Å². The number of hydrogen-bond acceptors (Lipinski definition) is 7.